The standard InChI is InChI=1S/C21H26F5N5O3S.C2HF3O2/c1-5-15(6-2)34-19-8-13(4)20-29-30(21(27)31(20)28-19)12-18(32)14-9-16(33-7-3)11-17(10-14)35(22,23,24,25)26;3-2(4,5)1(6)7/h8-11,15,27H,5-7,12H2,1-4H3;(H,6,7). The molecule has 0 aliphatic carbocycles. The highest BCUT2D eigenvalue weighted by molar-refractivity contribution is 8.45. The molecule has 0 saturated carbocycles. The first kappa shape index (κ1) is 34.3. The van der Waals surface area contributed by atoms with Gasteiger partial charge in [-0.2, -0.15) is 17.7 Å². The summed E-state index contributed by atoms with van der Waals surface area (Å²) in [5.74, 6) is -4.00. The van der Waals surface area contributed by atoms with Crippen molar-refractivity contribution in [2.45, 2.75) is 64.3 Å². The SMILES string of the molecule is CCOc1cc(C(=O)Cn2nc3c(C)cc(OC(CC)CC)nn3c2=N)cc(S(F)(F)(F)(F)F)c1.O=C(O)C(F)(F)F. The van der Waals surface area contributed by atoms with Crippen LogP contribution in [0.3, 0.4) is 0 Å². The lowest BCUT2D eigenvalue weighted by Gasteiger charge is -2.40. The summed E-state index contributed by atoms with van der Waals surface area (Å²) in [5.41, 5.74) is -0.177. The molecule has 0 radical (unpaired) electrons. The van der Waals surface area contributed by atoms with Crippen LogP contribution in [0.5, 0.6) is 11.6 Å². The summed E-state index contributed by atoms with van der Waals surface area (Å²) in [7, 11) is -10.1. The number of aryl methyl sites for hydroxylation is 1. The molecule has 0 spiro atoms. The van der Waals surface area contributed by atoms with E-state index < -0.39 is 50.9 Å². The van der Waals surface area contributed by atoms with Gasteiger partial charge in [0.2, 0.25) is 11.5 Å². The van der Waals surface area contributed by atoms with Gasteiger partial charge >= 0.3 is 22.4 Å². The van der Waals surface area contributed by atoms with Gasteiger partial charge in [-0.1, -0.05) is 33.3 Å². The zero-order valence-electron chi connectivity index (χ0n) is 22.5. The zero-order chi connectivity index (χ0) is 32.3. The van der Waals surface area contributed by atoms with E-state index in [9.17, 15) is 37.4 Å². The van der Waals surface area contributed by atoms with Gasteiger partial charge in [-0.15, -0.1) is 10.2 Å². The fourth-order valence-electron chi connectivity index (χ4n) is 3.36. The van der Waals surface area contributed by atoms with Gasteiger partial charge in [-0.05, 0) is 38.8 Å². The molecule has 0 amide bonds. The molecule has 236 valence electrons. The predicted molar refractivity (Wildman–Crippen MR) is 134 cm³/mol. The van der Waals surface area contributed by atoms with Crippen LogP contribution >= 0.6 is 10.2 Å². The van der Waals surface area contributed by atoms with E-state index in [4.69, 9.17) is 24.8 Å². The number of halogens is 8. The summed E-state index contributed by atoms with van der Waals surface area (Å²) in [6, 6.07) is 2.84. The molecule has 2 N–H and O–H groups in total. The average Bonchev–Trinajstić information content (AvgIpc) is 3.16. The van der Waals surface area contributed by atoms with E-state index >= 15 is 0 Å². The van der Waals surface area contributed by atoms with Crippen molar-refractivity contribution in [3.05, 3.63) is 41.0 Å². The molecule has 0 unspecified atom stereocenters. The molecule has 0 fully saturated rings. The number of benzene rings is 1. The quantitative estimate of drug-likeness (QED) is 0.193. The van der Waals surface area contributed by atoms with E-state index in [1.807, 2.05) is 13.8 Å². The maximum atomic E-state index is 13.4. The number of Topliss-reactive ketones (excluding diaryl/α,β-unsaturated/α-hetero) is 1. The second-order valence-corrected chi connectivity index (χ2v) is 11.2. The van der Waals surface area contributed by atoms with Crippen molar-refractivity contribution in [1.82, 2.24) is 19.4 Å². The number of nitrogens with zero attached hydrogens (tertiary/aromatic N) is 4. The van der Waals surface area contributed by atoms with Crippen molar-refractivity contribution in [3.63, 3.8) is 0 Å². The van der Waals surface area contributed by atoms with E-state index in [1.165, 1.54) is 6.92 Å². The van der Waals surface area contributed by atoms with Crippen LogP contribution in [0.25, 0.3) is 5.65 Å². The Bertz CT molecular complexity index is 1530. The number of carboxylic acid groups (broad SMARTS) is 1. The molecule has 10 nitrogen and oxygen atoms in total. The van der Waals surface area contributed by atoms with E-state index in [1.54, 1.807) is 13.0 Å². The van der Waals surface area contributed by atoms with E-state index in [-0.39, 0.29) is 42.0 Å². The Kier molecular flexibility index (Phi) is 9.32. The van der Waals surface area contributed by atoms with E-state index in [0.717, 1.165) is 28.1 Å². The third-order valence-corrected chi connectivity index (χ3v) is 6.57. The Balaban J connectivity index is 0.000000782. The topological polar surface area (TPSA) is 132 Å². The molecular weight excluding hydrogens is 610 g/mol. The van der Waals surface area contributed by atoms with Crippen molar-refractivity contribution in [3.8, 4) is 11.6 Å². The maximum absolute atomic E-state index is 13.4. The summed E-state index contributed by atoms with van der Waals surface area (Å²) in [6.45, 7) is 6.29. The second kappa shape index (κ2) is 11.4. The summed E-state index contributed by atoms with van der Waals surface area (Å²) in [6.07, 6.45) is -3.70. The summed E-state index contributed by atoms with van der Waals surface area (Å²) < 4.78 is 112. The number of hydrogen-bond donors (Lipinski definition) is 2. The number of rotatable bonds is 10. The van der Waals surface area contributed by atoms with Gasteiger partial charge in [0, 0.05) is 23.3 Å². The van der Waals surface area contributed by atoms with Crippen molar-refractivity contribution >= 4 is 27.6 Å². The first-order chi connectivity index (χ1) is 19.0. The Hall–Kier alpha value is -3.90. The predicted octanol–water partition coefficient (Wildman–Crippen LogP) is 6.46. The van der Waals surface area contributed by atoms with Gasteiger partial charge in [0.05, 0.1) is 12.7 Å². The summed E-state index contributed by atoms with van der Waals surface area (Å²) in [4.78, 5) is 19.5. The molecule has 0 aliphatic heterocycles. The van der Waals surface area contributed by atoms with Crippen molar-refractivity contribution in [2.75, 3.05) is 6.61 Å². The monoisotopic (exact) mass is 637 g/mol. The summed E-state index contributed by atoms with van der Waals surface area (Å²) >= 11 is 0. The van der Waals surface area contributed by atoms with Crippen LogP contribution in [0, 0.1) is 12.3 Å². The number of carboxylic acids is 1. The first-order valence-corrected chi connectivity index (χ1v) is 14.0. The fourth-order valence-corrected chi connectivity index (χ4v) is 4.05. The normalized spacial score (nSPS) is 13.6. The minimum Gasteiger partial charge on any atom is -0.494 e. The molecule has 3 rings (SSSR count). The third-order valence-electron chi connectivity index (χ3n) is 5.44. The lowest BCUT2D eigenvalue weighted by molar-refractivity contribution is -0.192. The number of nitrogens with one attached hydrogen (secondary N) is 1. The van der Waals surface area contributed by atoms with Crippen LogP contribution in [-0.2, 0) is 11.3 Å². The number of fused-ring (bicyclic) bond motifs is 1. The third kappa shape index (κ3) is 8.80. The zero-order valence-corrected chi connectivity index (χ0v) is 23.3. The Morgan fingerprint density at radius 1 is 1.02 bits per heavy atom. The number of carbonyl (C=O) groups is 2. The molecule has 19 heteroatoms. The van der Waals surface area contributed by atoms with Crippen LogP contribution in [0.1, 0.15) is 49.5 Å². The van der Waals surface area contributed by atoms with Crippen molar-refractivity contribution < 1.29 is 56.8 Å². The molecular formula is C23H27F8N5O5S. The number of carbonyl (C=O) groups excluding carboxylic acids is 1. The van der Waals surface area contributed by atoms with Crippen molar-refractivity contribution in [2.24, 2.45) is 0 Å². The first-order valence-electron chi connectivity index (χ1n) is 12.0. The lowest BCUT2D eigenvalue weighted by atomic mass is 10.1. The number of hydrogen-bond acceptors (Lipinski definition) is 7. The van der Waals surface area contributed by atoms with E-state index in [0.29, 0.717) is 5.56 Å². The highest BCUT2D eigenvalue weighted by atomic mass is 32.5. The minimum atomic E-state index is -10.1. The van der Waals surface area contributed by atoms with Crippen LogP contribution in [0.15, 0.2) is 29.2 Å². The number of ether oxygens (including phenoxy) is 2. The molecule has 2 heterocycles. The van der Waals surface area contributed by atoms with Crippen molar-refractivity contribution in [1.29, 1.82) is 5.41 Å². The molecule has 0 aliphatic rings. The van der Waals surface area contributed by atoms with Crippen LogP contribution in [-0.4, -0.2) is 55.1 Å². The number of aliphatic carboxylic acids is 1. The van der Waals surface area contributed by atoms with Gasteiger partial charge in [-0.3, -0.25) is 10.2 Å². The van der Waals surface area contributed by atoms with Crippen LogP contribution in [0.2, 0.25) is 0 Å². The lowest BCUT2D eigenvalue weighted by Crippen LogP contribution is -2.27. The molecule has 0 bridgehead atoms. The molecule has 3 aromatic rings. The van der Waals surface area contributed by atoms with Gasteiger partial charge in [0.25, 0.3) is 0 Å². The molecule has 42 heavy (non-hydrogen) atoms. The number of alkyl halides is 3. The molecule has 1 aromatic carbocycles. The van der Waals surface area contributed by atoms with Crippen LogP contribution in [0.4, 0.5) is 32.6 Å². The molecule has 2 aromatic heterocycles. The highest BCUT2D eigenvalue weighted by Gasteiger charge is 2.65. The minimum absolute atomic E-state index is 0.0909. The Labute approximate surface area is 233 Å². The Morgan fingerprint density at radius 3 is 2.07 bits per heavy atom. The number of ketones is 1. The van der Waals surface area contributed by atoms with Gasteiger partial charge in [0.15, 0.2) is 11.4 Å². The fraction of sp³-hybridized carbons (Fsp3) is 0.435. The summed E-state index contributed by atoms with van der Waals surface area (Å²) in [5, 5.41) is 23.8. The largest absolute Gasteiger partial charge is 0.494 e. The Morgan fingerprint density at radius 2 is 1.60 bits per heavy atom. The number of aromatic nitrogens is 4. The van der Waals surface area contributed by atoms with Gasteiger partial charge < -0.3 is 14.6 Å². The second-order valence-electron chi connectivity index (χ2n) is 8.76. The molecule has 0 atom stereocenters. The average molecular weight is 638 g/mol. The van der Waals surface area contributed by atoms with Gasteiger partial charge in [0.1, 0.15) is 17.2 Å². The van der Waals surface area contributed by atoms with Gasteiger partial charge in [-0.25, -0.2) is 9.48 Å². The highest BCUT2D eigenvalue weighted by Crippen LogP contribution is 3.02. The molecule has 0 saturated heterocycles. The maximum Gasteiger partial charge on any atom is 0.490 e. The van der Waals surface area contributed by atoms with E-state index in [2.05, 4.69) is 10.2 Å². The smallest absolute Gasteiger partial charge is 0.490 e. The van der Waals surface area contributed by atoms with Crippen LogP contribution < -0.4 is 15.1 Å².